The number of hydrogen-bond donors (Lipinski definition) is 3. The van der Waals surface area contributed by atoms with E-state index >= 15 is 0 Å². The molecule has 33 heavy (non-hydrogen) atoms. The van der Waals surface area contributed by atoms with E-state index in [2.05, 4.69) is 42.9 Å². The second-order valence-electron chi connectivity index (χ2n) is 8.33. The van der Waals surface area contributed by atoms with Crippen molar-refractivity contribution in [2.45, 2.75) is 6.92 Å². The maximum Gasteiger partial charge on any atom is 0.164 e. The van der Waals surface area contributed by atoms with Crippen LogP contribution in [0.2, 0.25) is 0 Å². The lowest BCUT2D eigenvalue weighted by atomic mass is 10.0. The second kappa shape index (κ2) is 7.52. The highest BCUT2D eigenvalue weighted by atomic mass is 16.3. The fourth-order valence-corrected chi connectivity index (χ4v) is 4.48. The predicted molar refractivity (Wildman–Crippen MR) is 126 cm³/mol. The van der Waals surface area contributed by atoms with Crippen LogP contribution in [0.1, 0.15) is 5.56 Å². The summed E-state index contributed by atoms with van der Waals surface area (Å²) in [6.07, 6.45) is 3.57. The van der Waals surface area contributed by atoms with Crippen LogP contribution in [-0.4, -0.2) is 66.4 Å². The first-order valence-electron chi connectivity index (χ1n) is 10.9. The summed E-state index contributed by atoms with van der Waals surface area (Å²) in [7, 11) is 1.86. The van der Waals surface area contributed by atoms with Crippen LogP contribution in [0.25, 0.3) is 44.6 Å². The molecule has 0 saturated carbocycles. The van der Waals surface area contributed by atoms with Gasteiger partial charge in [0.25, 0.3) is 0 Å². The van der Waals surface area contributed by atoms with Crippen molar-refractivity contribution in [3.8, 4) is 28.5 Å². The number of nitrogens with one attached hydrogen (secondary N) is 2. The van der Waals surface area contributed by atoms with Crippen molar-refractivity contribution in [2.24, 2.45) is 7.05 Å². The molecule has 0 bridgehead atoms. The molecule has 0 spiro atoms. The van der Waals surface area contributed by atoms with Gasteiger partial charge in [0.05, 0.1) is 22.8 Å². The van der Waals surface area contributed by atoms with Gasteiger partial charge >= 0.3 is 0 Å². The Kier molecular flexibility index (Phi) is 4.47. The van der Waals surface area contributed by atoms with Gasteiger partial charge < -0.3 is 15.3 Å². The Morgan fingerprint density at radius 1 is 1.09 bits per heavy atom. The molecular formula is C23H23N9O. The average molecular weight is 441 g/mol. The quantitative estimate of drug-likeness (QED) is 0.390. The Morgan fingerprint density at radius 3 is 2.73 bits per heavy atom. The Labute approximate surface area is 189 Å². The first-order chi connectivity index (χ1) is 16.1. The standard InChI is InChI=1S/C23H23N9O/c1-13-20-14(12-31(2)29-20)9-17(22(13)33)23-26-18-4-3-15(32-7-5-24-6-8-32)10-16(18)21(27-23)19-11-25-30-28-19/h3-4,9-12,24,33H,5-8H2,1-2H3,(H,25,28,30). The van der Waals surface area contributed by atoms with Crippen LogP contribution >= 0.6 is 0 Å². The minimum Gasteiger partial charge on any atom is -0.507 e. The second-order valence-corrected chi connectivity index (χ2v) is 8.33. The Morgan fingerprint density at radius 2 is 1.94 bits per heavy atom. The number of aromatic nitrogens is 7. The fourth-order valence-electron chi connectivity index (χ4n) is 4.48. The number of aryl methyl sites for hydroxylation is 2. The van der Waals surface area contributed by atoms with Crippen LogP contribution in [0.3, 0.4) is 0 Å². The van der Waals surface area contributed by atoms with Gasteiger partial charge in [-0.2, -0.15) is 20.5 Å². The predicted octanol–water partition coefficient (Wildman–Crippen LogP) is 2.39. The van der Waals surface area contributed by atoms with Gasteiger partial charge in [-0.3, -0.25) is 4.68 Å². The van der Waals surface area contributed by atoms with Gasteiger partial charge in [0.1, 0.15) is 17.1 Å². The summed E-state index contributed by atoms with van der Waals surface area (Å²) in [6.45, 7) is 5.66. The number of hydrogen-bond acceptors (Lipinski definition) is 8. The zero-order valence-electron chi connectivity index (χ0n) is 18.4. The molecule has 10 heteroatoms. The van der Waals surface area contributed by atoms with Crippen LogP contribution in [0.5, 0.6) is 5.75 Å². The summed E-state index contributed by atoms with van der Waals surface area (Å²) in [6, 6.07) is 8.10. The van der Waals surface area contributed by atoms with E-state index in [9.17, 15) is 5.11 Å². The minimum absolute atomic E-state index is 0.129. The van der Waals surface area contributed by atoms with Gasteiger partial charge in [0, 0.05) is 61.4 Å². The van der Waals surface area contributed by atoms with Crippen molar-refractivity contribution < 1.29 is 5.11 Å². The minimum atomic E-state index is 0.129. The van der Waals surface area contributed by atoms with E-state index in [4.69, 9.17) is 9.97 Å². The maximum atomic E-state index is 11.0. The van der Waals surface area contributed by atoms with Crippen molar-refractivity contribution >= 4 is 27.5 Å². The molecule has 1 aliphatic heterocycles. The molecule has 2 aromatic carbocycles. The van der Waals surface area contributed by atoms with Crippen LogP contribution in [0.15, 0.2) is 36.7 Å². The number of aromatic hydroxyl groups is 1. The number of aromatic amines is 1. The highest BCUT2D eigenvalue weighted by Crippen LogP contribution is 2.37. The molecule has 166 valence electrons. The molecule has 0 amide bonds. The number of phenolic OH excluding ortho intramolecular Hbond substituents is 1. The molecule has 4 heterocycles. The number of fused-ring (bicyclic) bond motifs is 2. The third-order valence-corrected chi connectivity index (χ3v) is 6.18. The molecule has 0 atom stereocenters. The first-order valence-corrected chi connectivity index (χ1v) is 10.9. The third-order valence-electron chi connectivity index (χ3n) is 6.18. The highest BCUT2D eigenvalue weighted by Gasteiger charge is 2.20. The Balaban J connectivity index is 1.57. The molecule has 0 unspecified atom stereocenters. The van der Waals surface area contributed by atoms with Gasteiger partial charge in [-0.1, -0.05) is 0 Å². The van der Waals surface area contributed by atoms with E-state index < -0.39 is 0 Å². The van der Waals surface area contributed by atoms with Gasteiger partial charge in [-0.05, 0) is 31.2 Å². The number of H-pyrrole nitrogens is 1. The Bertz CT molecular complexity index is 1480. The van der Waals surface area contributed by atoms with E-state index in [-0.39, 0.29) is 5.75 Å². The number of nitrogens with zero attached hydrogens (tertiary/aromatic N) is 7. The SMILES string of the molecule is Cc1c(O)c(-c2nc(-c3cn[nH]n3)c3cc(N4CCNCC4)ccc3n2)cc2cn(C)nc12. The summed E-state index contributed by atoms with van der Waals surface area (Å²) >= 11 is 0. The number of benzene rings is 2. The molecule has 5 aromatic rings. The topological polar surface area (TPSA) is 121 Å². The molecule has 1 saturated heterocycles. The van der Waals surface area contributed by atoms with E-state index in [1.807, 2.05) is 32.3 Å². The first kappa shape index (κ1) is 19.6. The molecule has 0 radical (unpaired) electrons. The van der Waals surface area contributed by atoms with Crippen LogP contribution in [0, 0.1) is 6.92 Å². The van der Waals surface area contributed by atoms with Gasteiger partial charge in [-0.15, -0.1) is 0 Å². The molecule has 1 aliphatic rings. The molecule has 3 N–H and O–H groups in total. The van der Waals surface area contributed by atoms with Crippen molar-refractivity contribution in [1.29, 1.82) is 0 Å². The molecule has 10 nitrogen and oxygen atoms in total. The molecular weight excluding hydrogens is 418 g/mol. The average Bonchev–Trinajstić information content (AvgIpc) is 3.51. The fraction of sp³-hybridized carbons (Fsp3) is 0.261. The lowest BCUT2D eigenvalue weighted by Gasteiger charge is -2.29. The lowest BCUT2D eigenvalue weighted by Crippen LogP contribution is -2.43. The molecule has 6 rings (SSSR count). The van der Waals surface area contributed by atoms with Crippen molar-refractivity contribution in [3.05, 3.63) is 42.2 Å². The molecule has 1 fully saturated rings. The smallest absolute Gasteiger partial charge is 0.164 e. The zero-order valence-corrected chi connectivity index (χ0v) is 18.4. The van der Waals surface area contributed by atoms with E-state index in [1.54, 1.807) is 10.9 Å². The largest absolute Gasteiger partial charge is 0.507 e. The van der Waals surface area contributed by atoms with Gasteiger partial charge in [-0.25, -0.2) is 9.97 Å². The highest BCUT2D eigenvalue weighted by molar-refractivity contribution is 5.96. The summed E-state index contributed by atoms with van der Waals surface area (Å²) in [5, 5.41) is 31.6. The number of rotatable bonds is 3. The monoisotopic (exact) mass is 441 g/mol. The van der Waals surface area contributed by atoms with Crippen LogP contribution in [-0.2, 0) is 7.05 Å². The summed E-state index contributed by atoms with van der Waals surface area (Å²) < 4.78 is 1.74. The van der Waals surface area contributed by atoms with E-state index in [0.717, 1.165) is 53.7 Å². The van der Waals surface area contributed by atoms with Crippen LogP contribution in [0.4, 0.5) is 5.69 Å². The molecule has 3 aromatic heterocycles. The third kappa shape index (κ3) is 3.26. The van der Waals surface area contributed by atoms with Crippen molar-refractivity contribution in [1.82, 2.24) is 40.5 Å². The van der Waals surface area contributed by atoms with E-state index in [0.29, 0.717) is 28.3 Å². The summed E-state index contributed by atoms with van der Waals surface area (Å²) in [5.74, 6) is 0.561. The normalized spacial score (nSPS) is 14.4. The number of phenols is 1. The number of anilines is 1. The van der Waals surface area contributed by atoms with Crippen molar-refractivity contribution in [2.75, 3.05) is 31.1 Å². The Hall–Kier alpha value is -4.05. The summed E-state index contributed by atoms with van der Waals surface area (Å²) in [4.78, 5) is 12.0. The van der Waals surface area contributed by atoms with E-state index in [1.165, 1.54) is 0 Å². The zero-order chi connectivity index (χ0) is 22.5. The van der Waals surface area contributed by atoms with Crippen molar-refractivity contribution in [3.63, 3.8) is 0 Å². The summed E-state index contributed by atoms with van der Waals surface area (Å²) in [5.41, 5.74) is 5.22. The maximum absolute atomic E-state index is 11.0. The lowest BCUT2D eigenvalue weighted by molar-refractivity contribution is 0.473. The number of piperazine rings is 1. The molecule has 0 aliphatic carbocycles. The van der Waals surface area contributed by atoms with Gasteiger partial charge in [0.15, 0.2) is 5.82 Å². The van der Waals surface area contributed by atoms with Crippen LogP contribution < -0.4 is 10.2 Å². The van der Waals surface area contributed by atoms with Gasteiger partial charge in [0.2, 0.25) is 0 Å².